The van der Waals surface area contributed by atoms with Crippen LogP contribution in [0.25, 0.3) is 10.9 Å². The highest BCUT2D eigenvalue weighted by molar-refractivity contribution is 5.84. The van der Waals surface area contributed by atoms with Gasteiger partial charge in [0.15, 0.2) is 11.5 Å². The normalized spacial score (nSPS) is 11.6. The molecule has 0 aliphatic rings. The van der Waals surface area contributed by atoms with E-state index in [1.807, 2.05) is 12.3 Å². The van der Waals surface area contributed by atoms with Crippen molar-refractivity contribution in [3.8, 4) is 17.2 Å². The minimum Gasteiger partial charge on any atom is -0.508 e. The SMILES string of the molecule is NCCc1c[nH]c2ccc(O)cc12.N[C@@H](Cc1ccc(O)c(O)c1)C(=O)O. The van der Waals surface area contributed by atoms with Crippen LogP contribution in [0.5, 0.6) is 17.2 Å². The molecule has 144 valence electrons. The Hall–Kier alpha value is -3.23. The van der Waals surface area contributed by atoms with Crippen LogP contribution in [0.2, 0.25) is 0 Å². The van der Waals surface area contributed by atoms with Crippen molar-refractivity contribution in [2.45, 2.75) is 18.9 Å². The van der Waals surface area contributed by atoms with Crippen molar-refractivity contribution in [1.82, 2.24) is 4.98 Å². The van der Waals surface area contributed by atoms with Crippen molar-refractivity contribution in [3.05, 3.63) is 53.7 Å². The molecule has 27 heavy (non-hydrogen) atoms. The van der Waals surface area contributed by atoms with Crippen molar-refractivity contribution >= 4 is 16.9 Å². The number of nitrogens with one attached hydrogen (secondary N) is 1. The largest absolute Gasteiger partial charge is 0.508 e. The summed E-state index contributed by atoms with van der Waals surface area (Å²) in [4.78, 5) is 13.6. The van der Waals surface area contributed by atoms with Crippen molar-refractivity contribution in [2.24, 2.45) is 11.5 Å². The van der Waals surface area contributed by atoms with Crippen molar-refractivity contribution in [1.29, 1.82) is 0 Å². The summed E-state index contributed by atoms with van der Waals surface area (Å²) in [5, 5.41) is 37.0. The van der Waals surface area contributed by atoms with Gasteiger partial charge >= 0.3 is 5.97 Å². The maximum Gasteiger partial charge on any atom is 0.320 e. The highest BCUT2D eigenvalue weighted by Gasteiger charge is 2.12. The van der Waals surface area contributed by atoms with Gasteiger partial charge in [0, 0.05) is 17.1 Å². The highest BCUT2D eigenvalue weighted by Crippen LogP contribution is 2.25. The molecule has 2 aromatic carbocycles. The molecule has 8 nitrogen and oxygen atoms in total. The summed E-state index contributed by atoms with van der Waals surface area (Å²) in [6.45, 7) is 0.628. The van der Waals surface area contributed by atoms with Gasteiger partial charge in [-0.05, 0) is 60.8 Å². The number of hydrogen-bond acceptors (Lipinski definition) is 6. The summed E-state index contributed by atoms with van der Waals surface area (Å²) in [5.74, 6) is -1.32. The first-order valence-corrected chi connectivity index (χ1v) is 8.30. The molecule has 0 radical (unpaired) electrons. The molecule has 0 saturated heterocycles. The molecule has 0 unspecified atom stereocenters. The third-order valence-electron chi connectivity index (χ3n) is 3.98. The number of hydrogen-bond donors (Lipinski definition) is 7. The van der Waals surface area contributed by atoms with E-state index in [9.17, 15) is 9.90 Å². The van der Waals surface area contributed by atoms with Crippen LogP contribution in [-0.2, 0) is 17.6 Å². The molecule has 0 aliphatic carbocycles. The first-order valence-electron chi connectivity index (χ1n) is 8.30. The molecule has 3 aromatic rings. The molecule has 1 heterocycles. The van der Waals surface area contributed by atoms with Gasteiger partial charge in [-0.25, -0.2) is 0 Å². The number of benzene rings is 2. The maximum atomic E-state index is 10.4. The molecule has 0 bridgehead atoms. The molecule has 0 aliphatic heterocycles. The molecule has 1 atom stereocenters. The zero-order chi connectivity index (χ0) is 20.0. The smallest absolute Gasteiger partial charge is 0.320 e. The second-order valence-corrected chi connectivity index (χ2v) is 6.05. The van der Waals surface area contributed by atoms with Gasteiger partial charge in [-0.15, -0.1) is 0 Å². The molecular formula is C19H23N3O5. The summed E-state index contributed by atoms with van der Waals surface area (Å²) in [7, 11) is 0. The Morgan fingerprint density at radius 3 is 2.44 bits per heavy atom. The quantitative estimate of drug-likeness (QED) is 0.332. The van der Waals surface area contributed by atoms with Gasteiger partial charge in [-0.2, -0.15) is 0 Å². The van der Waals surface area contributed by atoms with Crippen molar-refractivity contribution < 1.29 is 25.2 Å². The average molecular weight is 373 g/mol. The van der Waals surface area contributed by atoms with E-state index in [0.29, 0.717) is 17.9 Å². The summed E-state index contributed by atoms with van der Waals surface area (Å²) >= 11 is 0. The second-order valence-electron chi connectivity index (χ2n) is 6.05. The lowest BCUT2D eigenvalue weighted by Gasteiger charge is -2.06. The predicted molar refractivity (Wildman–Crippen MR) is 102 cm³/mol. The maximum absolute atomic E-state index is 10.4. The summed E-state index contributed by atoms with van der Waals surface area (Å²) in [6.07, 6.45) is 2.89. The fourth-order valence-corrected chi connectivity index (χ4v) is 2.57. The number of phenolic OH excluding ortho intramolecular Hbond substituents is 3. The number of carbonyl (C=O) groups is 1. The number of H-pyrrole nitrogens is 1. The number of aromatic amines is 1. The zero-order valence-electron chi connectivity index (χ0n) is 14.6. The number of aromatic nitrogens is 1. The van der Waals surface area contributed by atoms with E-state index in [1.165, 1.54) is 18.2 Å². The fraction of sp³-hybridized carbons (Fsp3) is 0.211. The van der Waals surface area contributed by atoms with Gasteiger partial charge in [0.1, 0.15) is 11.8 Å². The van der Waals surface area contributed by atoms with E-state index in [2.05, 4.69) is 4.98 Å². The van der Waals surface area contributed by atoms with Gasteiger partial charge in [0.25, 0.3) is 0 Å². The molecule has 3 rings (SSSR count). The third kappa shape index (κ3) is 5.37. The van der Waals surface area contributed by atoms with Gasteiger partial charge in [-0.1, -0.05) is 6.07 Å². The summed E-state index contributed by atoms with van der Waals surface area (Å²) in [5.41, 5.74) is 13.5. The van der Waals surface area contributed by atoms with Gasteiger partial charge in [-0.3, -0.25) is 4.79 Å². The zero-order valence-corrected chi connectivity index (χ0v) is 14.6. The van der Waals surface area contributed by atoms with Crippen LogP contribution >= 0.6 is 0 Å². The number of fused-ring (bicyclic) bond motifs is 1. The molecule has 8 heteroatoms. The monoisotopic (exact) mass is 373 g/mol. The van der Waals surface area contributed by atoms with E-state index >= 15 is 0 Å². The number of phenols is 3. The van der Waals surface area contributed by atoms with Crippen molar-refractivity contribution in [3.63, 3.8) is 0 Å². The lowest BCUT2D eigenvalue weighted by Crippen LogP contribution is -2.32. The van der Waals surface area contributed by atoms with Crippen molar-refractivity contribution in [2.75, 3.05) is 6.54 Å². The second kappa shape index (κ2) is 8.93. The Bertz CT molecular complexity index is 923. The minimum atomic E-state index is -1.10. The Kier molecular flexibility index (Phi) is 6.64. The van der Waals surface area contributed by atoms with Gasteiger partial charge < -0.3 is 36.9 Å². The lowest BCUT2D eigenvalue weighted by atomic mass is 10.1. The Balaban J connectivity index is 0.000000194. The number of carboxylic acid groups (broad SMARTS) is 1. The van der Waals surface area contributed by atoms with E-state index in [0.717, 1.165) is 22.9 Å². The van der Waals surface area contributed by atoms with E-state index < -0.39 is 12.0 Å². The number of aliphatic carboxylic acids is 1. The van der Waals surface area contributed by atoms with E-state index in [4.69, 9.17) is 26.8 Å². The first-order chi connectivity index (χ1) is 12.8. The first kappa shape index (κ1) is 20.1. The topological polar surface area (TPSA) is 166 Å². The van der Waals surface area contributed by atoms with Crippen LogP contribution < -0.4 is 11.5 Å². The Morgan fingerprint density at radius 2 is 1.81 bits per heavy atom. The average Bonchev–Trinajstić information content (AvgIpc) is 3.01. The summed E-state index contributed by atoms with van der Waals surface area (Å²) < 4.78 is 0. The van der Waals surface area contributed by atoms with Crippen LogP contribution in [0.1, 0.15) is 11.1 Å². The molecule has 9 N–H and O–H groups in total. The van der Waals surface area contributed by atoms with Gasteiger partial charge in [0.2, 0.25) is 0 Å². The van der Waals surface area contributed by atoms with Crippen LogP contribution in [0.4, 0.5) is 0 Å². The number of aromatic hydroxyl groups is 3. The molecule has 0 amide bonds. The molecule has 0 fully saturated rings. The predicted octanol–water partition coefficient (Wildman–Crippen LogP) is 1.43. The van der Waals surface area contributed by atoms with Crippen LogP contribution in [-0.4, -0.2) is 44.0 Å². The fourth-order valence-electron chi connectivity index (χ4n) is 2.57. The Morgan fingerprint density at radius 1 is 1.07 bits per heavy atom. The molecular weight excluding hydrogens is 350 g/mol. The Labute approximate surface area is 155 Å². The van der Waals surface area contributed by atoms with E-state index in [1.54, 1.807) is 12.1 Å². The molecule has 0 spiro atoms. The van der Waals surface area contributed by atoms with Crippen LogP contribution in [0, 0.1) is 0 Å². The van der Waals surface area contributed by atoms with Crippen LogP contribution in [0.15, 0.2) is 42.6 Å². The van der Waals surface area contributed by atoms with E-state index in [-0.39, 0.29) is 17.9 Å². The number of nitrogens with two attached hydrogens (primary N) is 2. The highest BCUT2D eigenvalue weighted by atomic mass is 16.4. The molecule has 0 saturated carbocycles. The minimum absolute atomic E-state index is 0.114. The third-order valence-corrected chi connectivity index (χ3v) is 3.98. The lowest BCUT2D eigenvalue weighted by molar-refractivity contribution is -0.138. The number of carboxylic acids is 1. The summed E-state index contributed by atoms with van der Waals surface area (Å²) in [6, 6.07) is 8.39. The standard InChI is InChI=1S/C10H12N2O.C9H11NO4/c11-4-3-7-6-12-10-2-1-8(13)5-9(7)10;10-6(9(13)14)3-5-1-2-7(11)8(12)4-5/h1-2,5-6,12-13H,3-4,11H2;1-2,4,6,11-12H,3,10H2,(H,13,14)/t;6-/m.0/s1. The number of rotatable bonds is 5. The van der Waals surface area contributed by atoms with Crippen LogP contribution in [0.3, 0.4) is 0 Å². The molecule has 1 aromatic heterocycles. The van der Waals surface area contributed by atoms with Gasteiger partial charge in [0.05, 0.1) is 0 Å².